The molecule has 0 radical (unpaired) electrons. The van der Waals surface area contributed by atoms with E-state index in [1.807, 2.05) is 42.5 Å². The molecular weight excluding hydrogens is 1840 g/mol. The van der Waals surface area contributed by atoms with Crippen LogP contribution in [0.4, 0.5) is 0 Å². The van der Waals surface area contributed by atoms with E-state index in [0.717, 1.165) is 192 Å². The van der Waals surface area contributed by atoms with E-state index >= 15 is 0 Å². The summed E-state index contributed by atoms with van der Waals surface area (Å²) < 4.78 is 26.3. The lowest BCUT2D eigenvalue weighted by Gasteiger charge is -2.12. The summed E-state index contributed by atoms with van der Waals surface area (Å²) in [5, 5.41) is 34.8. The Kier molecular flexibility index (Phi) is 18.0. The van der Waals surface area contributed by atoms with Crippen LogP contribution >= 0.6 is 0 Å². The SMILES string of the molecule is c1ccc(-c2cccc(-c3nc(-c4ccccc4)nc(-n4c5cccc6c7ccccc7c7cccc8oc9ccc4c(c9c87)c65)n3)c2)cc1.c1ccc(-c2nc(-c3ccc4ccccc4c3)nc(-n3c4cccc5c6ccccc6c6cccc7oc8ccc3c(c8c76)c54)n2)cc1.c1ccc2cc(-c3nc(-c4ccc5ccccc5c4)nc(-n4c5cccc6c7ccccc7c7cccc8oc9ccc4c(c9c87)c65)n3)ccc2c1. The third kappa shape index (κ3) is 12.6. The van der Waals surface area contributed by atoms with Gasteiger partial charge in [0.2, 0.25) is 17.8 Å². The maximum absolute atomic E-state index is 6.58. The fraction of sp³-hybridized carbons (Fsp3) is 0. The Balaban J connectivity index is 0.0000000994. The van der Waals surface area contributed by atoms with Crippen LogP contribution in [0.3, 0.4) is 0 Å². The number of aromatic nitrogens is 12. The molecule has 15 heteroatoms. The quantitative estimate of drug-likeness (QED) is 0.127. The molecule has 0 saturated carbocycles. The molecule has 15 nitrogen and oxygen atoms in total. The number of rotatable bonds is 10. The second-order valence-corrected chi connectivity index (χ2v) is 38.8. The van der Waals surface area contributed by atoms with E-state index in [-0.39, 0.29) is 0 Å². The van der Waals surface area contributed by atoms with E-state index in [0.29, 0.717) is 52.8 Å². The number of hydrogen-bond acceptors (Lipinski definition) is 12. The van der Waals surface area contributed by atoms with Crippen molar-refractivity contribution in [2.24, 2.45) is 0 Å². The number of fused-ring (bicyclic) bond motifs is 12. The molecule has 0 N–H and O–H groups in total. The van der Waals surface area contributed by atoms with E-state index in [1.165, 1.54) is 80.8 Å². The van der Waals surface area contributed by atoms with Crippen molar-refractivity contribution in [1.82, 2.24) is 58.6 Å². The van der Waals surface area contributed by atoms with Crippen molar-refractivity contribution in [3.63, 3.8) is 0 Å². The summed E-state index contributed by atoms with van der Waals surface area (Å²) in [6.07, 6.45) is 0. The summed E-state index contributed by atoms with van der Waals surface area (Å²) in [6.45, 7) is 0. The first kappa shape index (κ1) is 83.0. The molecule has 0 fully saturated rings. The molecule has 0 unspecified atom stereocenters. The predicted molar refractivity (Wildman–Crippen MR) is 613 cm³/mol. The Labute approximate surface area is 852 Å². The molecule has 34 rings (SSSR count). The Morgan fingerprint density at radius 2 is 0.353 bits per heavy atom. The van der Waals surface area contributed by atoms with E-state index in [2.05, 4.69) is 432 Å². The lowest BCUT2D eigenvalue weighted by atomic mass is 9.95. The summed E-state index contributed by atoms with van der Waals surface area (Å²) in [7, 11) is 0. The zero-order chi connectivity index (χ0) is 98.0. The van der Waals surface area contributed by atoms with Crippen LogP contribution in [0, 0.1) is 0 Å². The van der Waals surface area contributed by atoms with Gasteiger partial charge in [0.1, 0.15) is 33.5 Å². The summed E-state index contributed by atoms with van der Waals surface area (Å²) in [5.74, 6) is 5.44. The van der Waals surface area contributed by atoms with Gasteiger partial charge in [0, 0.05) is 98.0 Å². The molecule has 34 aromatic rings. The summed E-state index contributed by atoms with van der Waals surface area (Å²) >= 11 is 0. The average Bonchev–Trinajstić information content (AvgIpc) is 1.54. The molecular formula is C135H76N12O3. The topological polar surface area (TPSA) is 170 Å². The molecule has 9 heterocycles. The normalized spacial score (nSPS) is 12.1. The smallest absolute Gasteiger partial charge is 0.238 e. The Morgan fingerprint density at radius 3 is 0.673 bits per heavy atom. The van der Waals surface area contributed by atoms with Gasteiger partial charge in [0.15, 0.2) is 34.9 Å². The number of nitrogens with zero attached hydrogens (tertiary/aromatic N) is 12. The standard InChI is InChI=1S/C47H26N4O.C45H26N4O.C43H24N4O/c1-3-11-29-25-31(21-19-27(29)9-1)45-48-46(32-22-20-28-10-2-4-12-30(28)26-32)50-47(49-45)51-37-17-7-15-35-33-13-5-6-14-34(33)36-16-8-18-39-42(36)44-40(52-39)24-23-38(51)43(44)41(35)37;1-3-12-27(13-4-1)29-16-9-17-30(26-29)44-46-43(28-14-5-2-6-15-28)47-45(48-44)49-35-22-10-20-33-31-18-7-8-19-32(31)34-21-11-23-37-40(34)42-38(50-37)25-24-36(49)41(42)39(33)35;1-2-11-26(12-3-1)41-44-42(28-21-20-25-10-4-5-13-27(25)24-28)46-43(45-41)47-33-18-8-16-31-29-14-6-7-15-30(29)32-17-9-19-35-38(32)40-36(48-35)23-22-34(47)39(40)37(31)33/h1-26H;1-26H;1-24H. The monoisotopic (exact) mass is 1910 g/mol. The lowest BCUT2D eigenvalue weighted by Crippen LogP contribution is -2.06. The van der Waals surface area contributed by atoms with Gasteiger partial charge in [-0.2, -0.15) is 29.9 Å². The minimum Gasteiger partial charge on any atom is -0.456 e. The van der Waals surface area contributed by atoms with Crippen molar-refractivity contribution in [3.8, 4) is 97.3 Å². The first-order chi connectivity index (χ1) is 74.4. The minimum absolute atomic E-state index is 0.566. The zero-order valence-electron chi connectivity index (χ0n) is 80.0. The van der Waals surface area contributed by atoms with Gasteiger partial charge in [-0.1, -0.05) is 364 Å². The molecule has 0 aliphatic carbocycles. The molecule has 0 saturated heterocycles. The fourth-order valence-electron chi connectivity index (χ4n) is 24.0. The van der Waals surface area contributed by atoms with Gasteiger partial charge in [0.25, 0.3) is 0 Å². The predicted octanol–water partition coefficient (Wildman–Crippen LogP) is 35.0. The summed E-state index contributed by atoms with van der Waals surface area (Å²) in [6, 6.07) is 161. The van der Waals surface area contributed by atoms with Crippen molar-refractivity contribution >= 4 is 228 Å². The minimum atomic E-state index is 0.566. The van der Waals surface area contributed by atoms with Gasteiger partial charge in [0.05, 0.1) is 33.1 Å². The van der Waals surface area contributed by atoms with E-state index in [4.69, 9.17) is 58.1 Å². The van der Waals surface area contributed by atoms with Crippen LogP contribution in [0.1, 0.15) is 0 Å². The van der Waals surface area contributed by atoms with E-state index < -0.39 is 0 Å². The molecule has 150 heavy (non-hydrogen) atoms. The molecule has 694 valence electrons. The van der Waals surface area contributed by atoms with Crippen LogP contribution in [0.15, 0.2) is 474 Å². The molecule has 0 aliphatic heterocycles. The van der Waals surface area contributed by atoms with Gasteiger partial charge in [-0.15, -0.1) is 0 Å². The van der Waals surface area contributed by atoms with Crippen molar-refractivity contribution in [3.05, 3.63) is 461 Å². The van der Waals surface area contributed by atoms with Crippen LogP contribution < -0.4 is 0 Å². The van der Waals surface area contributed by atoms with Crippen molar-refractivity contribution in [2.75, 3.05) is 0 Å². The van der Waals surface area contributed by atoms with Crippen molar-refractivity contribution in [1.29, 1.82) is 0 Å². The van der Waals surface area contributed by atoms with Crippen LogP contribution in [0.2, 0.25) is 0 Å². The average molecular weight is 1910 g/mol. The molecule has 0 spiro atoms. The van der Waals surface area contributed by atoms with Crippen LogP contribution in [-0.2, 0) is 0 Å². The van der Waals surface area contributed by atoms with Crippen LogP contribution in [0.25, 0.3) is 325 Å². The third-order valence-corrected chi connectivity index (χ3v) is 30.6. The Hall–Kier alpha value is -20.6. The highest BCUT2D eigenvalue weighted by molar-refractivity contribution is 6.42. The lowest BCUT2D eigenvalue weighted by molar-refractivity contribution is 0.669. The highest BCUT2D eigenvalue weighted by Gasteiger charge is 2.31. The maximum atomic E-state index is 6.58. The fourth-order valence-corrected chi connectivity index (χ4v) is 24.0. The van der Waals surface area contributed by atoms with E-state index in [9.17, 15) is 0 Å². The van der Waals surface area contributed by atoms with E-state index in [1.54, 1.807) is 0 Å². The van der Waals surface area contributed by atoms with Gasteiger partial charge in [-0.3, -0.25) is 13.7 Å². The molecule has 0 atom stereocenters. The van der Waals surface area contributed by atoms with Gasteiger partial charge in [-0.05, 0) is 205 Å². The van der Waals surface area contributed by atoms with Crippen LogP contribution in [0.5, 0.6) is 0 Å². The Morgan fingerprint density at radius 1 is 0.127 bits per heavy atom. The molecule has 9 aromatic heterocycles. The van der Waals surface area contributed by atoms with Crippen molar-refractivity contribution < 1.29 is 13.3 Å². The van der Waals surface area contributed by atoms with Crippen molar-refractivity contribution in [2.45, 2.75) is 0 Å². The number of furan rings is 3. The third-order valence-electron chi connectivity index (χ3n) is 30.6. The van der Waals surface area contributed by atoms with Gasteiger partial charge < -0.3 is 13.3 Å². The first-order valence-electron chi connectivity index (χ1n) is 50.4. The second kappa shape index (κ2) is 32.5. The zero-order valence-corrected chi connectivity index (χ0v) is 80.0. The van der Waals surface area contributed by atoms with Crippen LogP contribution in [-0.4, -0.2) is 58.6 Å². The summed E-state index contributed by atoms with van der Waals surface area (Å²) in [4.78, 5) is 46.8. The molecule has 0 bridgehead atoms. The highest BCUT2D eigenvalue weighted by Crippen LogP contribution is 2.53. The second-order valence-electron chi connectivity index (χ2n) is 38.8. The van der Waals surface area contributed by atoms with Gasteiger partial charge >= 0.3 is 0 Å². The highest BCUT2D eigenvalue weighted by atomic mass is 16.3. The van der Waals surface area contributed by atoms with Gasteiger partial charge in [-0.25, -0.2) is 15.0 Å². The maximum Gasteiger partial charge on any atom is 0.238 e. The number of hydrogen-bond donors (Lipinski definition) is 0. The number of benzene rings is 22. The molecule has 25 aromatic carbocycles. The summed E-state index contributed by atoms with van der Waals surface area (Å²) in [5.41, 5.74) is 19.3. The largest absolute Gasteiger partial charge is 0.456 e. The first-order valence-corrected chi connectivity index (χ1v) is 50.4. The molecule has 0 aliphatic rings. The molecule has 0 amide bonds. The Bertz CT molecular complexity index is 11500.